The lowest BCUT2D eigenvalue weighted by Crippen LogP contribution is -2.52. The molecule has 3 nitrogen and oxygen atoms in total. The molecule has 0 amide bonds. The number of hydrogen-bond acceptors (Lipinski definition) is 3. The van der Waals surface area contributed by atoms with E-state index in [0.29, 0.717) is 12.0 Å². The van der Waals surface area contributed by atoms with Crippen LogP contribution in [0.1, 0.15) is 23.5 Å². The highest BCUT2D eigenvalue weighted by Crippen LogP contribution is 2.32. The molecule has 4 rings (SSSR count). The van der Waals surface area contributed by atoms with Crippen molar-refractivity contribution in [1.29, 1.82) is 0 Å². The van der Waals surface area contributed by atoms with E-state index in [1.54, 1.807) is 0 Å². The van der Waals surface area contributed by atoms with E-state index in [9.17, 15) is 0 Å². The molecule has 3 heteroatoms. The van der Waals surface area contributed by atoms with Gasteiger partial charge in [0.15, 0.2) is 0 Å². The summed E-state index contributed by atoms with van der Waals surface area (Å²) in [6, 6.07) is 22.6. The molecule has 2 atom stereocenters. The molecule has 0 aromatic heterocycles. The average molecular weight is 336 g/mol. The maximum atomic E-state index is 5.58. The first-order valence-corrected chi connectivity index (χ1v) is 9.53. The van der Waals surface area contributed by atoms with Gasteiger partial charge in [-0.2, -0.15) is 0 Å². The Bertz CT molecular complexity index is 640. The van der Waals surface area contributed by atoms with Crippen LogP contribution in [0.3, 0.4) is 0 Å². The summed E-state index contributed by atoms with van der Waals surface area (Å²) >= 11 is 0. The average Bonchev–Trinajstić information content (AvgIpc) is 2.70. The monoisotopic (exact) mass is 336 g/mol. The summed E-state index contributed by atoms with van der Waals surface area (Å²) in [4.78, 5) is 5.30. The number of likely N-dealkylation sites (tertiary alicyclic amines) is 1. The molecule has 0 bridgehead atoms. The van der Waals surface area contributed by atoms with Crippen LogP contribution in [-0.2, 0) is 11.3 Å². The lowest BCUT2D eigenvalue weighted by molar-refractivity contribution is -0.00731. The van der Waals surface area contributed by atoms with Gasteiger partial charge in [-0.05, 0) is 17.5 Å². The number of nitrogens with zero attached hydrogens (tertiary/aromatic N) is 2. The molecule has 2 fully saturated rings. The maximum Gasteiger partial charge on any atom is 0.0594 e. The van der Waals surface area contributed by atoms with E-state index in [-0.39, 0.29) is 0 Å². The number of rotatable bonds is 4. The summed E-state index contributed by atoms with van der Waals surface area (Å²) in [6.07, 6.45) is 1.24. The van der Waals surface area contributed by atoms with Gasteiger partial charge in [-0.3, -0.25) is 9.80 Å². The fraction of sp³-hybridized carbons (Fsp3) is 0.455. The van der Waals surface area contributed by atoms with Gasteiger partial charge in [0.05, 0.1) is 13.2 Å². The summed E-state index contributed by atoms with van der Waals surface area (Å²) in [5.74, 6) is 0.580. The highest BCUT2D eigenvalue weighted by Gasteiger charge is 2.34. The van der Waals surface area contributed by atoms with Crippen molar-refractivity contribution in [2.75, 3.05) is 39.4 Å². The quantitative estimate of drug-likeness (QED) is 0.851. The second kappa shape index (κ2) is 8.13. The zero-order valence-electron chi connectivity index (χ0n) is 14.9. The molecule has 0 radical (unpaired) electrons. The molecule has 2 aromatic rings. The van der Waals surface area contributed by atoms with Crippen LogP contribution in [0.5, 0.6) is 0 Å². The molecule has 0 unspecified atom stereocenters. The number of ether oxygens (including phenoxy) is 1. The minimum absolute atomic E-state index is 0.580. The predicted octanol–water partition coefficient (Wildman–Crippen LogP) is 3.38. The van der Waals surface area contributed by atoms with Gasteiger partial charge >= 0.3 is 0 Å². The second-order valence-electron chi connectivity index (χ2n) is 7.24. The summed E-state index contributed by atoms with van der Waals surface area (Å²) in [5, 5.41) is 0. The van der Waals surface area contributed by atoms with Crippen molar-refractivity contribution in [1.82, 2.24) is 9.80 Å². The fourth-order valence-corrected chi connectivity index (χ4v) is 4.37. The van der Waals surface area contributed by atoms with Crippen LogP contribution in [0.25, 0.3) is 0 Å². The molecule has 2 aliphatic rings. The molecule has 132 valence electrons. The van der Waals surface area contributed by atoms with Crippen molar-refractivity contribution in [3.63, 3.8) is 0 Å². The maximum absolute atomic E-state index is 5.58. The van der Waals surface area contributed by atoms with Crippen LogP contribution in [0.15, 0.2) is 60.7 Å². The van der Waals surface area contributed by atoms with Crippen molar-refractivity contribution < 1.29 is 4.74 Å². The SMILES string of the molecule is c1ccc(CN2CC[C@@H](N3CCOCC3)[C@@H](c3ccccc3)C2)cc1. The molecular weight excluding hydrogens is 308 g/mol. The third kappa shape index (κ3) is 4.12. The van der Waals surface area contributed by atoms with Gasteiger partial charge < -0.3 is 4.74 Å². The van der Waals surface area contributed by atoms with E-state index in [0.717, 1.165) is 39.4 Å². The lowest BCUT2D eigenvalue weighted by atomic mass is 9.84. The Morgan fingerprint density at radius 3 is 2.24 bits per heavy atom. The van der Waals surface area contributed by atoms with Crippen LogP contribution < -0.4 is 0 Å². The summed E-state index contributed by atoms with van der Waals surface area (Å²) in [6.45, 7) is 7.29. The molecule has 2 aliphatic heterocycles. The zero-order valence-corrected chi connectivity index (χ0v) is 14.9. The molecule has 0 aliphatic carbocycles. The van der Waals surface area contributed by atoms with Crippen molar-refractivity contribution in [2.24, 2.45) is 0 Å². The number of piperidine rings is 1. The second-order valence-corrected chi connectivity index (χ2v) is 7.24. The van der Waals surface area contributed by atoms with E-state index in [4.69, 9.17) is 4.74 Å². The van der Waals surface area contributed by atoms with Crippen molar-refractivity contribution in [3.05, 3.63) is 71.8 Å². The molecule has 25 heavy (non-hydrogen) atoms. The minimum Gasteiger partial charge on any atom is -0.379 e. The third-order valence-electron chi connectivity index (χ3n) is 5.65. The Morgan fingerprint density at radius 1 is 0.840 bits per heavy atom. The highest BCUT2D eigenvalue weighted by atomic mass is 16.5. The Kier molecular flexibility index (Phi) is 5.46. The fourth-order valence-electron chi connectivity index (χ4n) is 4.37. The van der Waals surface area contributed by atoms with Crippen molar-refractivity contribution in [2.45, 2.75) is 24.9 Å². The Labute approximate surface area is 151 Å². The van der Waals surface area contributed by atoms with Gasteiger partial charge in [0.2, 0.25) is 0 Å². The predicted molar refractivity (Wildman–Crippen MR) is 102 cm³/mol. The Balaban J connectivity index is 1.51. The van der Waals surface area contributed by atoms with Gasteiger partial charge in [-0.1, -0.05) is 60.7 Å². The minimum atomic E-state index is 0.580. The van der Waals surface area contributed by atoms with Gasteiger partial charge in [-0.15, -0.1) is 0 Å². The highest BCUT2D eigenvalue weighted by molar-refractivity contribution is 5.23. The first-order chi connectivity index (χ1) is 12.4. The van der Waals surface area contributed by atoms with Crippen LogP contribution >= 0.6 is 0 Å². The molecule has 0 N–H and O–H groups in total. The third-order valence-corrected chi connectivity index (χ3v) is 5.65. The van der Waals surface area contributed by atoms with Gasteiger partial charge in [0.1, 0.15) is 0 Å². The van der Waals surface area contributed by atoms with E-state index >= 15 is 0 Å². The molecule has 0 spiro atoms. The van der Waals surface area contributed by atoms with Crippen molar-refractivity contribution >= 4 is 0 Å². The molecule has 2 aromatic carbocycles. The zero-order chi connectivity index (χ0) is 16.9. The van der Waals surface area contributed by atoms with Gasteiger partial charge in [0, 0.05) is 44.7 Å². The molecule has 2 saturated heterocycles. The topological polar surface area (TPSA) is 15.7 Å². The largest absolute Gasteiger partial charge is 0.379 e. The summed E-state index contributed by atoms with van der Waals surface area (Å²) < 4.78 is 5.58. The van der Waals surface area contributed by atoms with Crippen LogP contribution in [0.2, 0.25) is 0 Å². The smallest absolute Gasteiger partial charge is 0.0594 e. The van der Waals surface area contributed by atoms with E-state index in [1.165, 1.54) is 24.1 Å². The van der Waals surface area contributed by atoms with Gasteiger partial charge in [-0.25, -0.2) is 0 Å². The number of benzene rings is 2. The Hall–Kier alpha value is -1.68. The number of hydrogen-bond donors (Lipinski definition) is 0. The van der Waals surface area contributed by atoms with Crippen LogP contribution in [0, 0.1) is 0 Å². The van der Waals surface area contributed by atoms with Crippen LogP contribution in [0.4, 0.5) is 0 Å². The van der Waals surface area contributed by atoms with E-state index in [2.05, 4.69) is 70.5 Å². The van der Waals surface area contributed by atoms with E-state index in [1.807, 2.05) is 0 Å². The Morgan fingerprint density at radius 2 is 1.52 bits per heavy atom. The van der Waals surface area contributed by atoms with Crippen LogP contribution in [-0.4, -0.2) is 55.2 Å². The molecule has 2 heterocycles. The van der Waals surface area contributed by atoms with Crippen molar-refractivity contribution in [3.8, 4) is 0 Å². The number of morpholine rings is 1. The lowest BCUT2D eigenvalue weighted by Gasteiger charge is -2.45. The normalized spacial score (nSPS) is 25.8. The standard InChI is InChI=1S/C22H28N2O/c1-3-7-19(8-4-1)17-23-12-11-22(24-13-15-25-16-14-24)21(18-23)20-9-5-2-6-10-20/h1-10,21-22H,11-18H2/t21-,22-/m1/s1. The molecule has 0 saturated carbocycles. The van der Waals surface area contributed by atoms with E-state index < -0.39 is 0 Å². The first-order valence-electron chi connectivity index (χ1n) is 9.53. The summed E-state index contributed by atoms with van der Waals surface area (Å²) in [7, 11) is 0. The summed E-state index contributed by atoms with van der Waals surface area (Å²) in [5.41, 5.74) is 2.90. The molecular formula is C22H28N2O. The first kappa shape index (κ1) is 16.8. The van der Waals surface area contributed by atoms with Gasteiger partial charge in [0.25, 0.3) is 0 Å².